The van der Waals surface area contributed by atoms with Crippen LogP contribution in [0.3, 0.4) is 0 Å². The summed E-state index contributed by atoms with van der Waals surface area (Å²) in [4.78, 5) is 25.7. The van der Waals surface area contributed by atoms with Gasteiger partial charge in [0.2, 0.25) is 5.91 Å². The van der Waals surface area contributed by atoms with Crippen LogP contribution in [-0.2, 0) is 27.5 Å². The van der Waals surface area contributed by atoms with Crippen molar-refractivity contribution in [3.63, 3.8) is 0 Å². The van der Waals surface area contributed by atoms with Crippen molar-refractivity contribution in [2.24, 2.45) is 0 Å². The molecule has 0 aromatic heterocycles. The Kier molecular flexibility index (Phi) is 6.38. The molecule has 0 atom stereocenters. The summed E-state index contributed by atoms with van der Waals surface area (Å²) < 4.78 is 46.2. The van der Waals surface area contributed by atoms with Gasteiger partial charge >= 0.3 is 6.18 Å². The normalized spacial score (nSPS) is 13.6. The molecule has 154 valence electrons. The van der Waals surface area contributed by atoms with Crippen molar-refractivity contribution >= 4 is 17.5 Å². The van der Waals surface area contributed by atoms with E-state index >= 15 is 0 Å². The van der Waals surface area contributed by atoms with E-state index < -0.39 is 12.8 Å². The second kappa shape index (κ2) is 8.95. The summed E-state index contributed by atoms with van der Waals surface area (Å²) in [5.41, 5.74) is 1.91. The lowest BCUT2D eigenvalue weighted by molar-refractivity contribution is -0.176. The Hall–Kier alpha value is -3.07. The maximum atomic E-state index is 12.3. The van der Waals surface area contributed by atoms with Crippen LogP contribution in [0.4, 0.5) is 18.9 Å². The monoisotopic (exact) mass is 408 g/mol. The molecule has 1 aliphatic heterocycles. The van der Waals surface area contributed by atoms with Gasteiger partial charge in [0.15, 0.2) is 6.61 Å². The number of carbonyl (C=O) groups excluding carboxylic acids is 2. The second-order valence-electron chi connectivity index (χ2n) is 6.44. The molecule has 0 unspecified atom stereocenters. The van der Waals surface area contributed by atoms with Crippen LogP contribution >= 0.6 is 0 Å². The topological polar surface area (TPSA) is 67.9 Å². The van der Waals surface area contributed by atoms with Crippen LogP contribution in [-0.4, -0.2) is 37.7 Å². The molecular formula is C20H19F3N2O4. The highest BCUT2D eigenvalue weighted by molar-refractivity contribution is 6.02. The van der Waals surface area contributed by atoms with Crippen molar-refractivity contribution < 1.29 is 32.2 Å². The number of ether oxygens (including phenoxy) is 2. The van der Waals surface area contributed by atoms with Gasteiger partial charge in [0, 0.05) is 6.54 Å². The second-order valence-corrected chi connectivity index (χ2v) is 6.44. The molecule has 0 radical (unpaired) electrons. The van der Waals surface area contributed by atoms with Gasteiger partial charge in [0.05, 0.1) is 12.3 Å². The fraction of sp³-hybridized carbons (Fsp3) is 0.300. The van der Waals surface area contributed by atoms with Gasteiger partial charge < -0.3 is 14.8 Å². The average Bonchev–Trinajstić information content (AvgIpc) is 2.69. The van der Waals surface area contributed by atoms with E-state index in [1.54, 1.807) is 48.5 Å². The molecular weight excluding hydrogens is 389 g/mol. The molecule has 9 heteroatoms. The molecule has 0 saturated carbocycles. The van der Waals surface area contributed by atoms with Crippen molar-refractivity contribution in [2.45, 2.75) is 19.3 Å². The molecule has 2 aromatic rings. The number of halogens is 3. The van der Waals surface area contributed by atoms with Crippen molar-refractivity contribution in [1.29, 1.82) is 0 Å². The molecule has 29 heavy (non-hydrogen) atoms. The Bertz CT molecular complexity index is 869. The first-order valence-electron chi connectivity index (χ1n) is 8.83. The van der Waals surface area contributed by atoms with Gasteiger partial charge in [-0.1, -0.05) is 36.4 Å². The highest BCUT2D eigenvalue weighted by Gasteiger charge is 2.28. The lowest BCUT2D eigenvalue weighted by Crippen LogP contribution is -2.45. The van der Waals surface area contributed by atoms with Gasteiger partial charge in [0.25, 0.3) is 5.91 Å². The number of anilines is 1. The van der Waals surface area contributed by atoms with E-state index in [4.69, 9.17) is 4.74 Å². The lowest BCUT2D eigenvalue weighted by Gasteiger charge is -2.28. The standard InChI is InChI=1S/C20H19F3N2O4/c21-20(22,23)13-28-11-15-7-5-14(6-8-15)9-24-18(26)10-25-16-3-1-2-4-17(16)29-12-19(25)27/h1-8H,9-13H2,(H,24,26). The number of para-hydroxylation sites is 2. The quantitative estimate of drug-likeness (QED) is 0.765. The number of benzene rings is 2. The van der Waals surface area contributed by atoms with E-state index in [9.17, 15) is 22.8 Å². The predicted molar refractivity (Wildman–Crippen MR) is 98.3 cm³/mol. The lowest BCUT2D eigenvalue weighted by atomic mass is 10.1. The zero-order valence-corrected chi connectivity index (χ0v) is 15.4. The van der Waals surface area contributed by atoms with Crippen LogP contribution in [0.5, 0.6) is 5.75 Å². The highest BCUT2D eigenvalue weighted by Crippen LogP contribution is 2.31. The van der Waals surface area contributed by atoms with E-state index in [2.05, 4.69) is 10.1 Å². The smallest absolute Gasteiger partial charge is 0.411 e. The Labute approximate surface area is 165 Å². The van der Waals surface area contributed by atoms with Gasteiger partial charge in [-0.15, -0.1) is 0 Å². The molecule has 2 amide bonds. The fourth-order valence-electron chi connectivity index (χ4n) is 2.77. The zero-order chi connectivity index (χ0) is 20.9. The summed E-state index contributed by atoms with van der Waals surface area (Å²) in [7, 11) is 0. The Morgan fingerprint density at radius 2 is 1.79 bits per heavy atom. The van der Waals surface area contributed by atoms with E-state index in [0.717, 1.165) is 5.56 Å². The molecule has 6 nitrogen and oxygen atoms in total. The molecule has 1 aliphatic rings. The summed E-state index contributed by atoms with van der Waals surface area (Å²) in [5, 5.41) is 2.73. The van der Waals surface area contributed by atoms with Gasteiger partial charge in [-0.05, 0) is 23.3 Å². The summed E-state index contributed by atoms with van der Waals surface area (Å²) >= 11 is 0. The van der Waals surface area contributed by atoms with Gasteiger partial charge in [-0.3, -0.25) is 14.5 Å². The van der Waals surface area contributed by atoms with Crippen LogP contribution in [0.15, 0.2) is 48.5 Å². The van der Waals surface area contributed by atoms with E-state index in [1.807, 2.05) is 0 Å². The average molecular weight is 408 g/mol. The first kappa shape index (κ1) is 20.7. The molecule has 2 aromatic carbocycles. The number of amides is 2. The molecule has 0 spiro atoms. The third kappa shape index (κ3) is 5.95. The molecule has 1 heterocycles. The van der Waals surface area contributed by atoms with Crippen molar-refractivity contribution in [3.8, 4) is 5.75 Å². The Morgan fingerprint density at radius 1 is 1.10 bits per heavy atom. The van der Waals surface area contributed by atoms with Crippen LogP contribution < -0.4 is 15.0 Å². The predicted octanol–water partition coefficient (Wildman–Crippen LogP) is 2.81. The number of carbonyl (C=O) groups is 2. The maximum absolute atomic E-state index is 12.3. The number of hydrogen-bond donors (Lipinski definition) is 1. The number of alkyl halides is 3. The number of rotatable bonds is 7. The van der Waals surface area contributed by atoms with E-state index in [-0.39, 0.29) is 38.1 Å². The summed E-state index contributed by atoms with van der Waals surface area (Å²) in [5.74, 6) is -0.0991. The number of nitrogens with zero attached hydrogens (tertiary/aromatic N) is 1. The molecule has 1 N–H and O–H groups in total. The van der Waals surface area contributed by atoms with Crippen molar-refractivity contribution in [1.82, 2.24) is 5.32 Å². The first-order chi connectivity index (χ1) is 13.8. The molecule has 0 bridgehead atoms. The summed E-state index contributed by atoms with van der Waals surface area (Å²) in [6.45, 7) is -1.48. The van der Waals surface area contributed by atoms with Crippen LogP contribution in [0.2, 0.25) is 0 Å². The largest absolute Gasteiger partial charge is 0.482 e. The Balaban J connectivity index is 1.49. The van der Waals surface area contributed by atoms with E-state index in [1.165, 1.54) is 4.90 Å². The minimum absolute atomic E-state index is 0.123. The fourth-order valence-corrected chi connectivity index (χ4v) is 2.77. The third-order valence-corrected chi connectivity index (χ3v) is 4.16. The minimum atomic E-state index is -4.35. The molecule has 0 fully saturated rings. The Morgan fingerprint density at radius 3 is 2.52 bits per heavy atom. The SMILES string of the molecule is O=C(CN1C(=O)COc2ccccc21)NCc1ccc(COCC(F)(F)F)cc1. The van der Waals surface area contributed by atoms with Crippen molar-refractivity contribution in [2.75, 3.05) is 24.7 Å². The van der Waals surface area contributed by atoms with Crippen LogP contribution in [0.1, 0.15) is 11.1 Å². The summed E-state index contributed by atoms with van der Waals surface area (Å²) in [6, 6.07) is 13.6. The van der Waals surface area contributed by atoms with Crippen molar-refractivity contribution in [3.05, 3.63) is 59.7 Å². The van der Waals surface area contributed by atoms with E-state index in [0.29, 0.717) is 17.0 Å². The number of fused-ring (bicyclic) bond motifs is 1. The highest BCUT2D eigenvalue weighted by atomic mass is 19.4. The number of nitrogens with one attached hydrogen (secondary N) is 1. The zero-order valence-electron chi connectivity index (χ0n) is 15.4. The minimum Gasteiger partial charge on any atom is -0.482 e. The molecule has 0 saturated heterocycles. The molecule has 3 rings (SSSR count). The van der Waals surface area contributed by atoms with Crippen LogP contribution in [0.25, 0.3) is 0 Å². The number of hydrogen-bond acceptors (Lipinski definition) is 4. The van der Waals surface area contributed by atoms with Crippen LogP contribution in [0, 0.1) is 0 Å². The van der Waals surface area contributed by atoms with Gasteiger partial charge in [0.1, 0.15) is 18.9 Å². The van der Waals surface area contributed by atoms with Gasteiger partial charge in [-0.2, -0.15) is 13.2 Å². The summed E-state index contributed by atoms with van der Waals surface area (Å²) in [6.07, 6.45) is -4.35. The first-order valence-corrected chi connectivity index (χ1v) is 8.83. The third-order valence-electron chi connectivity index (χ3n) is 4.16. The maximum Gasteiger partial charge on any atom is 0.411 e. The van der Waals surface area contributed by atoms with Gasteiger partial charge in [-0.25, -0.2) is 0 Å². The molecule has 0 aliphatic carbocycles.